The lowest BCUT2D eigenvalue weighted by atomic mass is 10.1. The first-order valence-corrected chi connectivity index (χ1v) is 7.13. The number of ether oxygens (including phenoxy) is 2. The molecule has 0 bridgehead atoms. The van der Waals surface area contributed by atoms with Crippen molar-refractivity contribution in [2.75, 3.05) is 36.9 Å². The maximum absolute atomic E-state index is 11.9. The normalized spacial score (nSPS) is 22.1. The summed E-state index contributed by atoms with van der Waals surface area (Å²) in [5.74, 6) is -0.420. The molecule has 2 rings (SSSR count). The number of morpholine rings is 1. The number of benzene rings is 1. The number of anilines is 2. The highest BCUT2D eigenvalue weighted by Gasteiger charge is 2.27. The van der Waals surface area contributed by atoms with Gasteiger partial charge in [-0.1, -0.05) is 6.07 Å². The van der Waals surface area contributed by atoms with E-state index in [1.807, 2.05) is 17.9 Å². The molecule has 0 aromatic heterocycles. The fraction of sp³-hybridized carbons (Fsp3) is 0.533. The number of nitrogens with zero attached hydrogens (tertiary/aromatic N) is 1. The second-order valence-corrected chi connectivity index (χ2v) is 5.12. The van der Waals surface area contributed by atoms with Crippen LogP contribution in [0, 0.1) is 0 Å². The van der Waals surface area contributed by atoms with E-state index in [0.717, 1.165) is 5.69 Å². The van der Waals surface area contributed by atoms with E-state index in [1.54, 1.807) is 19.1 Å². The highest BCUT2D eigenvalue weighted by atomic mass is 16.5. The fourth-order valence-electron chi connectivity index (χ4n) is 2.56. The third kappa shape index (κ3) is 3.46. The Kier molecular flexibility index (Phi) is 5.03. The van der Waals surface area contributed by atoms with Crippen LogP contribution in [0.5, 0.6) is 0 Å². The quantitative estimate of drug-likeness (QED) is 0.637. The molecule has 116 valence electrons. The summed E-state index contributed by atoms with van der Waals surface area (Å²) in [6.45, 7) is 5.17. The zero-order valence-electron chi connectivity index (χ0n) is 12.4. The topological polar surface area (TPSA) is 85.0 Å². The van der Waals surface area contributed by atoms with Crippen LogP contribution in [-0.2, 0) is 9.47 Å². The average molecular weight is 294 g/mol. The summed E-state index contributed by atoms with van der Waals surface area (Å²) in [6, 6.07) is 5.31. The lowest BCUT2D eigenvalue weighted by Crippen LogP contribution is -2.48. The Labute approximate surface area is 124 Å². The fourth-order valence-corrected chi connectivity index (χ4v) is 2.56. The van der Waals surface area contributed by atoms with E-state index in [1.165, 1.54) is 0 Å². The first-order chi connectivity index (χ1) is 10.1. The summed E-state index contributed by atoms with van der Waals surface area (Å²) in [5.41, 5.74) is 7.68. The van der Waals surface area contributed by atoms with Crippen LogP contribution in [0.15, 0.2) is 18.2 Å². The predicted molar refractivity (Wildman–Crippen MR) is 80.4 cm³/mol. The molecule has 2 unspecified atom stereocenters. The van der Waals surface area contributed by atoms with Crippen molar-refractivity contribution >= 4 is 17.3 Å². The van der Waals surface area contributed by atoms with E-state index in [9.17, 15) is 9.90 Å². The minimum atomic E-state index is -0.420. The van der Waals surface area contributed by atoms with Crippen LogP contribution in [0.25, 0.3) is 0 Å². The predicted octanol–water partition coefficient (Wildman–Crippen LogP) is 1.03. The van der Waals surface area contributed by atoms with Gasteiger partial charge in [0.05, 0.1) is 42.4 Å². The molecule has 6 heteroatoms. The van der Waals surface area contributed by atoms with Crippen LogP contribution >= 0.6 is 0 Å². The van der Waals surface area contributed by atoms with E-state index in [2.05, 4.69) is 0 Å². The van der Waals surface area contributed by atoms with Crippen LogP contribution in [0.1, 0.15) is 24.2 Å². The summed E-state index contributed by atoms with van der Waals surface area (Å²) in [6.07, 6.45) is -0.263. The van der Waals surface area contributed by atoms with Gasteiger partial charge in [0.2, 0.25) is 0 Å². The van der Waals surface area contributed by atoms with Crippen molar-refractivity contribution in [2.45, 2.75) is 26.1 Å². The lowest BCUT2D eigenvalue weighted by molar-refractivity contribution is -0.0420. The van der Waals surface area contributed by atoms with Crippen molar-refractivity contribution < 1.29 is 19.4 Å². The SMILES string of the molecule is CCOC(=O)c1cccc(N2CC(C)OC(CO)C2)c1N. The molecule has 0 amide bonds. The zero-order chi connectivity index (χ0) is 15.4. The van der Waals surface area contributed by atoms with E-state index < -0.39 is 5.97 Å². The third-order valence-corrected chi connectivity index (χ3v) is 3.45. The second kappa shape index (κ2) is 6.78. The van der Waals surface area contributed by atoms with Crippen molar-refractivity contribution in [2.24, 2.45) is 0 Å². The molecule has 0 spiro atoms. The Hall–Kier alpha value is -1.79. The lowest BCUT2D eigenvalue weighted by Gasteiger charge is -2.38. The number of nitrogens with two attached hydrogens (primary N) is 1. The minimum Gasteiger partial charge on any atom is -0.462 e. The number of carbonyl (C=O) groups excluding carboxylic acids is 1. The second-order valence-electron chi connectivity index (χ2n) is 5.12. The van der Waals surface area contributed by atoms with Crippen LogP contribution in [0.2, 0.25) is 0 Å². The van der Waals surface area contributed by atoms with Gasteiger partial charge in [-0.05, 0) is 26.0 Å². The first kappa shape index (κ1) is 15.6. The molecule has 2 atom stereocenters. The van der Waals surface area contributed by atoms with Gasteiger partial charge in [0, 0.05) is 13.1 Å². The molecule has 21 heavy (non-hydrogen) atoms. The standard InChI is InChI=1S/C15H22N2O4/c1-3-20-15(19)12-5-4-6-13(14(12)16)17-7-10(2)21-11(8-17)9-18/h4-6,10-11,18H,3,7-9,16H2,1-2H3. The molecular formula is C15H22N2O4. The van der Waals surface area contributed by atoms with E-state index >= 15 is 0 Å². The van der Waals surface area contributed by atoms with Gasteiger partial charge >= 0.3 is 5.97 Å². The molecule has 1 aromatic rings. The first-order valence-electron chi connectivity index (χ1n) is 7.13. The van der Waals surface area contributed by atoms with Gasteiger partial charge in [0.1, 0.15) is 0 Å². The van der Waals surface area contributed by atoms with Gasteiger partial charge in [-0.3, -0.25) is 0 Å². The van der Waals surface area contributed by atoms with Gasteiger partial charge in [0.25, 0.3) is 0 Å². The molecule has 0 saturated carbocycles. The van der Waals surface area contributed by atoms with Crippen molar-refractivity contribution in [1.29, 1.82) is 0 Å². The van der Waals surface area contributed by atoms with Crippen LogP contribution in [0.3, 0.4) is 0 Å². The van der Waals surface area contributed by atoms with E-state index in [4.69, 9.17) is 15.2 Å². The molecule has 0 aliphatic carbocycles. The summed E-state index contributed by atoms with van der Waals surface area (Å²) < 4.78 is 10.6. The number of nitrogen functional groups attached to an aromatic ring is 1. The molecule has 6 nitrogen and oxygen atoms in total. The van der Waals surface area contributed by atoms with Crippen molar-refractivity contribution in [1.82, 2.24) is 0 Å². The van der Waals surface area contributed by atoms with E-state index in [-0.39, 0.29) is 18.8 Å². The zero-order valence-corrected chi connectivity index (χ0v) is 12.4. The number of esters is 1. The van der Waals surface area contributed by atoms with Crippen molar-refractivity contribution in [3.8, 4) is 0 Å². The minimum absolute atomic E-state index is 0.0125. The monoisotopic (exact) mass is 294 g/mol. The molecule has 1 aromatic carbocycles. The Balaban J connectivity index is 2.27. The largest absolute Gasteiger partial charge is 0.462 e. The summed E-state index contributed by atoms with van der Waals surface area (Å²) in [4.78, 5) is 13.9. The third-order valence-electron chi connectivity index (χ3n) is 3.45. The van der Waals surface area contributed by atoms with Crippen molar-refractivity contribution in [3.63, 3.8) is 0 Å². The molecule has 1 saturated heterocycles. The molecule has 3 N–H and O–H groups in total. The number of para-hydroxylation sites is 1. The number of hydrogen-bond donors (Lipinski definition) is 2. The summed E-state index contributed by atoms with van der Waals surface area (Å²) in [7, 11) is 0. The van der Waals surface area contributed by atoms with Gasteiger partial charge in [-0.25, -0.2) is 4.79 Å². The maximum atomic E-state index is 11.9. The number of aliphatic hydroxyl groups is 1. The van der Waals surface area contributed by atoms with Gasteiger partial charge < -0.3 is 25.2 Å². The Bertz CT molecular complexity index is 506. The summed E-state index contributed by atoms with van der Waals surface area (Å²) in [5, 5.41) is 9.30. The van der Waals surface area contributed by atoms with Crippen molar-refractivity contribution in [3.05, 3.63) is 23.8 Å². The van der Waals surface area contributed by atoms with Crippen LogP contribution in [-0.4, -0.2) is 49.6 Å². The number of rotatable bonds is 4. The number of aliphatic hydroxyl groups excluding tert-OH is 1. The highest BCUT2D eigenvalue weighted by Crippen LogP contribution is 2.29. The number of hydrogen-bond acceptors (Lipinski definition) is 6. The number of carbonyl (C=O) groups is 1. The average Bonchev–Trinajstić information content (AvgIpc) is 2.47. The molecular weight excluding hydrogens is 272 g/mol. The van der Waals surface area contributed by atoms with Crippen LogP contribution < -0.4 is 10.6 Å². The Morgan fingerprint density at radius 2 is 2.29 bits per heavy atom. The Morgan fingerprint density at radius 3 is 2.95 bits per heavy atom. The van der Waals surface area contributed by atoms with Gasteiger partial charge in [0.15, 0.2) is 0 Å². The van der Waals surface area contributed by atoms with E-state index in [0.29, 0.717) is 30.9 Å². The molecule has 1 fully saturated rings. The van der Waals surface area contributed by atoms with Gasteiger partial charge in [-0.2, -0.15) is 0 Å². The molecule has 1 aliphatic heterocycles. The Morgan fingerprint density at radius 1 is 1.52 bits per heavy atom. The molecule has 0 radical (unpaired) electrons. The molecule has 1 aliphatic rings. The highest BCUT2D eigenvalue weighted by molar-refractivity contribution is 5.98. The summed E-state index contributed by atoms with van der Waals surface area (Å²) >= 11 is 0. The van der Waals surface area contributed by atoms with Crippen LogP contribution in [0.4, 0.5) is 11.4 Å². The smallest absolute Gasteiger partial charge is 0.340 e. The molecule has 1 heterocycles. The van der Waals surface area contributed by atoms with Gasteiger partial charge in [-0.15, -0.1) is 0 Å². The maximum Gasteiger partial charge on any atom is 0.340 e.